The lowest BCUT2D eigenvalue weighted by atomic mass is 10.1. The van der Waals surface area contributed by atoms with E-state index in [-0.39, 0.29) is 10.6 Å². The summed E-state index contributed by atoms with van der Waals surface area (Å²) >= 11 is 6.17. The maximum absolute atomic E-state index is 11.7. The van der Waals surface area contributed by atoms with Crippen molar-refractivity contribution in [1.82, 2.24) is 20.0 Å². The molecule has 4 rings (SSSR count). The number of piperazine rings is 1. The second-order valence-electron chi connectivity index (χ2n) is 7.14. The Morgan fingerprint density at radius 3 is 2.85 bits per heavy atom. The van der Waals surface area contributed by atoms with Crippen molar-refractivity contribution in [2.75, 3.05) is 51.3 Å². The number of aromatic nitrogens is 2. The van der Waals surface area contributed by atoms with E-state index in [2.05, 4.69) is 38.0 Å². The predicted molar refractivity (Wildman–Crippen MR) is 106 cm³/mol. The van der Waals surface area contributed by atoms with Gasteiger partial charge in [-0.05, 0) is 18.7 Å². The molecule has 0 spiro atoms. The first-order valence-corrected chi connectivity index (χ1v) is 9.62. The number of anilines is 1. The van der Waals surface area contributed by atoms with Gasteiger partial charge in [-0.3, -0.25) is 9.69 Å². The van der Waals surface area contributed by atoms with Crippen molar-refractivity contribution in [3.63, 3.8) is 0 Å². The minimum absolute atomic E-state index is 0.176. The summed E-state index contributed by atoms with van der Waals surface area (Å²) in [4.78, 5) is 18.6. The second kappa shape index (κ2) is 7.88. The molecule has 1 aromatic carbocycles. The van der Waals surface area contributed by atoms with Crippen molar-refractivity contribution in [2.45, 2.75) is 13.1 Å². The predicted octanol–water partition coefficient (Wildman–Crippen LogP) is 1.57. The van der Waals surface area contributed by atoms with Gasteiger partial charge in [0, 0.05) is 51.4 Å². The van der Waals surface area contributed by atoms with Crippen molar-refractivity contribution in [2.24, 2.45) is 0 Å². The summed E-state index contributed by atoms with van der Waals surface area (Å²) < 4.78 is 6.12. The van der Waals surface area contributed by atoms with Crippen LogP contribution in [0.4, 0.5) is 5.69 Å². The lowest BCUT2D eigenvalue weighted by Crippen LogP contribution is -2.45. The standard InChI is InChI=1S/C19H24ClN5O2/c1-23-5-7-24(8-6-23)9-10-27-17-4-2-3-14-12-25(13-15(14)17)16-11-21-22-19(26)18(16)20/h2-4,11H,5-10,12-13H2,1H3,(H,22,26). The van der Waals surface area contributed by atoms with Crippen molar-refractivity contribution < 1.29 is 4.74 Å². The van der Waals surface area contributed by atoms with Gasteiger partial charge in [-0.25, -0.2) is 5.10 Å². The zero-order chi connectivity index (χ0) is 18.8. The summed E-state index contributed by atoms with van der Waals surface area (Å²) in [6, 6.07) is 6.13. The summed E-state index contributed by atoms with van der Waals surface area (Å²) in [6.45, 7) is 7.36. The van der Waals surface area contributed by atoms with Crippen molar-refractivity contribution in [3.05, 3.63) is 50.9 Å². The molecular formula is C19H24ClN5O2. The normalized spacial score (nSPS) is 17.9. The Kier molecular flexibility index (Phi) is 5.33. The highest BCUT2D eigenvalue weighted by Crippen LogP contribution is 2.35. The molecular weight excluding hydrogens is 366 g/mol. The van der Waals surface area contributed by atoms with Gasteiger partial charge < -0.3 is 14.5 Å². The van der Waals surface area contributed by atoms with Gasteiger partial charge in [0.1, 0.15) is 17.4 Å². The summed E-state index contributed by atoms with van der Waals surface area (Å²) in [5.74, 6) is 0.915. The molecule has 1 N–H and O–H groups in total. The first-order valence-electron chi connectivity index (χ1n) is 9.24. The molecule has 7 nitrogen and oxygen atoms in total. The minimum Gasteiger partial charge on any atom is -0.492 e. The number of rotatable bonds is 5. The van der Waals surface area contributed by atoms with Crippen LogP contribution in [0.5, 0.6) is 5.75 Å². The molecule has 0 unspecified atom stereocenters. The van der Waals surface area contributed by atoms with Crippen LogP contribution >= 0.6 is 11.6 Å². The summed E-state index contributed by atoms with van der Waals surface area (Å²) in [5, 5.41) is 6.42. The number of benzene rings is 1. The van der Waals surface area contributed by atoms with Crippen LogP contribution in [0.3, 0.4) is 0 Å². The molecule has 2 aliphatic rings. The van der Waals surface area contributed by atoms with Crippen LogP contribution < -0.4 is 15.2 Å². The van der Waals surface area contributed by atoms with Crippen LogP contribution in [-0.4, -0.2) is 66.4 Å². The van der Waals surface area contributed by atoms with Crippen molar-refractivity contribution >= 4 is 17.3 Å². The summed E-state index contributed by atoms with van der Waals surface area (Å²) in [6.07, 6.45) is 1.60. The van der Waals surface area contributed by atoms with Gasteiger partial charge in [-0.1, -0.05) is 23.7 Å². The van der Waals surface area contributed by atoms with E-state index in [1.807, 2.05) is 12.1 Å². The average molecular weight is 390 g/mol. The summed E-state index contributed by atoms with van der Waals surface area (Å²) in [5.41, 5.74) is 2.64. The number of hydrogen-bond acceptors (Lipinski definition) is 6. The van der Waals surface area contributed by atoms with E-state index in [0.29, 0.717) is 25.4 Å². The maximum Gasteiger partial charge on any atom is 0.285 e. The number of fused-ring (bicyclic) bond motifs is 1. The van der Waals surface area contributed by atoms with Crippen LogP contribution in [0, 0.1) is 0 Å². The Morgan fingerprint density at radius 2 is 2.04 bits per heavy atom. The van der Waals surface area contributed by atoms with Crippen LogP contribution in [0.15, 0.2) is 29.2 Å². The van der Waals surface area contributed by atoms with E-state index in [1.165, 1.54) is 5.56 Å². The van der Waals surface area contributed by atoms with Gasteiger partial charge in [-0.15, -0.1) is 0 Å². The number of aromatic amines is 1. The topological polar surface area (TPSA) is 64.7 Å². The van der Waals surface area contributed by atoms with E-state index in [9.17, 15) is 4.79 Å². The third-order valence-corrected chi connectivity index (χ3v) is 5.68. The highest BCUT2D eigenvalue weighted by molar-refractivity contribution is 6.33. The third-order valence-electron chi connectivity index (χ3n) is 5.32. The quantitative estimate of drug-likeness (QED) is 0.837. The fourth-order valence-electron chi connectivity index (χ4n) is 3.65. The van der Waals surface area contributed by atoms with E-state index in [4.69, 9.17) is 16.3 Å². The van der Waals surface area contributed by atoms with Crippen molar-refractivity contribution in [1.29, 1.82) is 0 Å². The number of hydrogen-bond donors (Lipinski definition) is 1. The zero-order valence-electron chi connectivity index (χ0n) is 15.4. The minimum atomic E-state index is -0.367. The first kappa shape index (κ1) is 18.3. The number of likely N-dealkylation sites (N-methyl/N-ethyl adjacent to an activating group) is 1. The van der Waals surface area contributed by atoms with E-state index in [1.54, 1.807) is 6.20 Å². The Balaban J connectivity index is 1.41. The Morgan fingerprint density at radius 1 is 1.22 bits per heavy atom. The molecule has 2 aliphatic heterocycles. The van der Waals surface area contributed by atoms with Crippen LogP contribution in [0.2, 0.25) is 5.02 Å². The molecule has 0 radical (unpaired) electrons. The molecule has 0 amide bonds. The number of nitrogens with one attached hydrogen (secondary N) is 1. The largest absolute Gasteiger partial charge is 0.492 e. The van der Waals surface area contributed by atoms with Crippen LogP contribution in [0.25, 0.3) is 0 Å². The van der Waals surface area contributed by atoms with Gasteiger partial charge in [0.05, 0.1) is 11.9 Å². The molecule has 0 bridgehead atoms. The van der Waals surface area contributed by atoms with Crippen molar-refractivity contribution in [3.8, 4) is 5.75 Å². The molecule has 8 heteroatoms. The fourth-order valence-corrected chi connectivity index (χ4v) is 3.86. The molecule has 3 heterocycles. The lowest BCUT2D eigenvalue weighted by Gasteiger charge is -2.32. The van der Waals surface area contributed by atoms with Crippen LogP contribution in [-0.2, 0) is 13.1 Å². The lowest BCUT2D eigenvalue weighted by molar-refractivity contribution is 0.133. The molecule has 1 fully saturated rings. The second-order valence-corrected chi connectivity index (χ2v) is 7.52. The molecule has 0 saturated carbocycles. The van der Waals surface area contributed by atoms with Gasteiger partial charge in [0.15, 0.2) is 0 Å². The number of ether oxygens (including phenoxy) is 1. The third kappa shape index (κ3) is 3.95. The monoisotopic (exact) mass is 389 g/mol. The first-order chi connectivity index (χ1) is 13.1. The number of halogens is 1. The molecule has 1 saturated heterocycles. The van der Waals surface area contributed by atoms with E-state index >= 15 is 0 Å². The van der Waals surface area contributed by atoms with E-state index in [0.717, 1.165) is 44.0 Å². The van der Waals surface area contributed by atoms with Gasteiger partial charge in [0.25, 0.3) is 5.56 Å². The molecule has 2 aromatic rings. The molecule has 1 aromatic heterocycles. The molecule has 27 heavy (non-hydrogen) atoms. The highest BCUT2D eigenvalue weighted by Gasteiger charge is 2.25. The molecule has 0 aliphatic carbocycles. The highest BCUT2D eigenvalue weighted by atomic mass is 35.5. The molecule has 0 atom stereocenters. The Hall–Kier alpha value is -2.09. The fraction of sp³-hybridized carbons (Fsp3) is 0.474. The zero-order valence-corrected chi connectivity index (χ0v) is 16.2. The van der Waals surface area contributed by atoms with Crippen LogP contribution in [0.1, 0.15) is 11.1 Å². The number of nitrogens with zero attached hydrogens (tertiary/aromatic N) is 4. The van der Waals surface area contributed by atoms with Gasteiger partial charge in [0.2, 0.25) is 0 Å². The SMILES string of the molecule is CN1CCN(CCOc2cccc3c2CN(c2cn[nH]c(=O)c2Cl)C3)CC1. The smallest absolute Gasteiger partial charge is 0.285 e. The Labute approximate surface area is 163 Å². The maximum atomic E-state index is 11.7. The van der Waals surface area contributed by atoms with Gasteiger partial charge in [-0.2, -0.15) is 5.10 Å². The Bertz CT molecular complexity index is 863. The van der Waals surface area contributed by atoms with Gasteiger partial charge >= 0.3 is 0 Å². The summed E-state index contributed by atoms with van der Waals surface area (Å²) in [7, 11) is 2.16. The van der Waals surface area contributed by atoms with E-state index < -0.39 is 0 Å². The average Bonchev–Trinajstić information content (AvgIpc) is 3.10. The molecule has 144 valence electrons. The number of H-pyrrole nitrogens is 1.